The van der Waals surface area contributed by atoms with Crippen LogP contribution in [0.4, 0.5) is 51.2 Å². The molecule has 7 heterocycles. The second-order valence-corrected chi connectivity index (χ2v) is 25.6. The second-order valence-electron chi connectivity index (χ2n) is 23.3. The average molecular weight is 1300 g/mol. The van der Waals surface area contributed by atoms with Crippen LogP contribution in [0.5, 0.6) is 0 Å². The number of nitrogens with one attached hydrogen (secondary N) is 2. The van der Waals surface area contributed by atoms with Gasteiger partial charge in [-0.1, -0.05) is 121 Å². The zero-order valence-electron chi connectivity index (χ0n) is 51.9. The van der Waals surface area contributed by atoms with Crippen LogP contribution in [0.2, 0.25) is 0 Å². The Kier molecular flexibility index (Phi) is 14.9. The topological polar surface area (TPSA) is 180 Å². The van der Waals surface area contributed by atoms with E-state index in [9.17, 15) is 15.2 Å². The lowest BCUT2D eigenvalue weighted by atomic mass is 10.1. The molecule has 2 aliphatic rings. The van der Waals surface area contributed by atoms with Gasteiger partial charge in [0.15, 0.2) is 23.3 Å². The van der Waals surface area contributed by atoms with E-state index in [0.717, 1.165) is 115 Å². The van der Waals surface area contributed by atoms with Gasteiger partial charge in [0.1, 0.15) is 34.2 Å². The number of thiophene rings is 2. The van der Waals surface area contributed by atoms with Gasteiger partial charge in [-0.05, 0) is 182 Å². The van der Waals surface area contributed by atoms with Gasteiger partial charge in [0.2, 0.25) is 0 Å². The van der Waals surface area contributed by atoms with Crippen LogP contribution < -0.4 is 14.7 Å². The van der Waals surface area contributed by atoms with Crippen LogP contribution in [0, 0.1) is 11.3 Å². The molecule has 0 radical (unpaired) electrons. The fraction of sp³-hybridized carbons (Fsp3) is 0. The molecular formula is C82H52N12O2S2. The summed E-state index contributed by atoms with van der Waals surface area (Å²) in [6.45, 7) is 0. The zero-order chi connectivity index (χ0) is 65.6. The van der Waals surface area contributed by atoms with Crippen LogP contribution in [0.1, 0.15) is 15.3 Å². The van der Waals surface area contributed by atoms with E-state index >= 15 is 0 Å². The first kappa shape index (κ1) is 58.6. The number of nitriles is 1. The van der Waals surface area contributed by atoms with E-state index in [-0.39, 0.29) is 5.57 Å². The molecule has 0 spiro atoms. The van der Waals surface area contributed by atoms with Crippen molar-refractivity contribution in [3.05, 3.63) is 300 Å². The molecule has 0 amide bonds. The van der Waals surface area contributed by atoms with Gasteiger partial charge in [-0.25, -0.2) is 34.7 Å². The summed E-state index contributed by atoms with van der Waals surface area (Å²) in [5, 5.41) is 22.1. The summed E-state index contributed by atoms with van der Waals surface area (Å²) >= 11 is 3.05. The van der Waals surface area contributed by atoms with Crippen LogP contribution in [-0.2, 0) is 4.79 Å². The Morgan fingerprint density at radius 2 is 0.714 bits per heavy atom. The summed E-state index contributed by atoms with van der Waals surface area (Å²) in [4.78, 5) is 62.5. The van der Waals surface area contributed by atoms with Crippen LogP contribution in [0.3, 0.4) is 0 Å². The number of benzene rings is 10. The van der Waals surface area contributed by atoms with Crippen molar-refractivity contribution in [3.8, 4) is 61.4 Å². The lowest BCUT2D eigenvalue weighted by molar-refractivity contribution is -0.132. The van der Waals surface area contributed by atoms with Gasteiger partial charge in [-0.2, -0.15) is 5.26 Å². The van der Waals surface area contributed by atoms with Crippen LogP contribution >= 0.6 is 22.7 Å². The first-order chi connectivity index (χ1) is 48.3. The van der Waals surface area contributed by atoms with E-state index in [1.165, 1.54) is 17.4 Å². The van der Waals surface area contributed by atoms with Gasteiger partial charge in [0.25, 0.3) is 0 Å². The molecule has 17 rings (SSSR count). The molecule has 14 nitrogen and oxygen atoms in total. The molecule has 464 valence electrons. The highest BCUT2D eigenvalue weighted by Crippen LogP contribution is 2.46. The van der Waals surface area contributed by atoms with E-state index in [0.29, 0.717) is 50.8 Å². The number of fused-ring (bicyclic) bond motifs is 20. The molecule has 2 aliphatic heterocycles. The number of anilines is 9. The van der Waals surface area contributed by atoms with Gasteiger partial charge in [-0.3, -0.25) is 0 Å². The molecule has 5 aromatic heterocycles. The number of hydrogen-bond donors (Lipinski definition) is 3. The molecule has 98 heavy (non-hydrogen) atoms. The number of aromatic amines is 2. The Labute approximate surface area is 569 Å². The van der Waals surface area contributed by atoms with Gasteiger partial charge in [0.05, 0.1) is 0 Å². The van der Waals surface area contributed by atoms with Crippen molar-refractivity contribution < 1.29 is 9.90 Å². The van der Waals surface area contributed by atoms with Crippen molar-refractivity contribution in [1.29, 1.82) is 5.26 Å². The lowest BCUT2D eigenvalue weighted by Gasteiger charge is -2.25. The predicted molar refractivity (Wildman–Crippen MR) is 398 cm³/mol. The van der Waals surface area contributed by atoms with Crippen LogP contribution in [-0.4, -0.2) is 50.9 Å². The molecule has 15 aromatic rings. The number of para-hydroxylation sites is 6. The van der Waals surface area contributed by atoms with E-state index in [1.807, 2.05) is 97.1 Å². The molecule has 3 N–H and O–H groups in total. The molecule has 0 fully saturated rings. The van der Waals surface area contributed by atoms with Crippen molar-refractivity contribution in [2.75, 3.05) is 14.7 Å². The number of aromatic nitrogens is 8. The van der Waals surface area contributed by atoms with Gasteiger partial charge in [0, 0.05) is 114 Å². The highest BCUT2D eigenvalue weighted by atomic mass is 32.1. The molecule has 16 heteroatoms. The molecular weight excluding hydrogens is 1250 g/mol. The minimum Gasteiger partial charge on any atom is -0.477 e. The van der Waals surface area contributed by atoms with Gasteiger partial charge < -0.3 is 29.8 Å². The predicted octanol–water partition coefficient (Wildman–Crippen LogP) is 21.2. The van der Waals surface area contributed by atoms with Crippen molar-refractivity contribution in [2.45, 2.75) is 0 Å². The number of rotatable bonds is 14. The van der Waals surface area contributed by atoms with E-state index in [4.69, 9.17) is 29.9 Å². The Morgan fingerprint density at radius 3 is 1.13 bits per heavy atom. The number of carboxylic acids is 1. The smallest absolute Gasteiger partial charge is 0.346 e. The number of carboxylic acid groups (broad SMARTS) is 1. The maximum absolute atomic E-state index is 11.6. The summed E-state index contributed by atoms with van der Waals surface area (Å²) in [6, 6.07) is 97.1. The summed E-state index contributed by atoms with van der Waals surface area (Å²) in [6.07, 6.45) is 5.57. The summed E-state index contributed by atoms with van der Waals surface area (Å²) < 4.78 is 0. The van der Waals surface area contributed by atoms with Gasteiger partial charge in [-0.15, -0.1) is 22.7 Å². The molecule has 0 saturated heterocycles. The third kappa shape index (κ3) is 11.1. The van der Waals surface area contributed by atoms with Crippen molar-refractivity contribution in [3.63, 3.8) is 0 Å². The van der Waals surface area contributed by atoms with Gasteiger partial charge >= 0.3 is 5.97 Å². The number of aliphatic carboxylic acids is 1. The second kappa shape index (κ2) is 24.9. The average Bonchev–Trinajstić information content (AvgIpc) is 1.58. The monoisotopic (exact) mass is 1300 g/mol. The Hall–Kier alpha value is -13.2. The fourth-order valence-electron chi connectivity index (χ4n) is 12.7. The standard InChI is InChI=1S/C82H52N12O2S2/c83-50-52(82(95)96)46-63-38-44-73(98-63)72-43-37-62(97-72)36-31-51-32-39-64-68(45-51)78-84-74(64)86-79-70-48-60(93(55-23-11-3-12-24-55)56-25-13-4-14-26-56)34-41-66(70)76(88-79)90-81-71-49-61(94(57-27-15-5-16-28-57)58-29-17-6-18-30-58)35-42-67(71)77(91-81)89-80-69-47-59(33-40-65(69)75(85-78)87-80)92(53-19-7-1-8-20-53)54-21-9-2-10-22-54/h1-49H,(H,95,96)(H2,84,85,86,87,88,89,90,91)/b36-31+,52-46+. The number of H-pyrrole nitrogens is 2. The van der Waals surface area contributed by atoms with Crippen molar-refractivity contribution >= 4 is 142 Å². The normalized spacial score (nSPS) is 11.8. The van der Waals surface area contributed by atoms with Crippen LogP contribution in [0.15, 0.2) is 285 Å². The third-order valence-corrected chi connectivity index (χ3v) is 19.5. The molecule has 0 aliphatic carbocycles. The number of carbonyl (C=O) groups is 1. The molecule has 10 aromatic carbocycles. The molecule has 8 bridgehead atoms. The van der Waals surface area contributed by atoms with Crippen molar-refractivity contribution in [1.82, 2.24) is 39.9 Å². The summed E-state index contributed by atoms with van der Waals surface area (Å²) in [7, 11) is 0. The number of hydrogen-bond acceptors (Lipinski definition) is 13. The van der Waals surface area contributed by atoms with E-state index in [1.54, 1.807) is 17.4 Å². The lowest BCUT2D eigenvalue weighted by Crippen LogP contribution is -2.09. The maximum Gasteiger partial charge on any atom is 0.346 e. The minimum absolute atomic E-state index is 0.313. The molecule has 0 saturated carbocycles. The SMILES string of the molecule is N#C/C(=C\c1ccc(-c2ccc(/C=C/c3ccc4c5nc6nc(nc7[nH]c(nc8nc(nc([nH]5)c4c3)-c3ccc(N(c4ccccc4)c4ccccc4)cc3-8)c3ccc(N(c4ccccc4)c4ccccc4)cc73)-c3ccc(N(c4ccccc4)c4ccccc4)cc3-6)s2)s1)C(=O)O. The molecule has 0 unspecified atom stereocenters. The Bertz CT molecular complexity index is 5680. The first-order valence-corrected chi connectivity index (χ1v) is 33.3. The first-order valence-electron chi connectivity index (χ1n) is 31.6. The van der Waals surface area contributed by atoms with E-state index in [2.05, 4.69) is 219 Å². The zero-order valence-corrected chi connectivity index (χ0v) is 53.6. The fourth-order valence-corrected chi connectivity index (χ4v) is 14.7. The maximum atomic E-state index is 11.6. The highest BCUT2D eigenvalue weighted by molar-refractivity contribution is 7.23. The van der Waals surface area contributed by atoms with E-state index < -0.39 is 5.97 Å². The van der Waals surface area contributed by atoms with Crippen LogP contribution in [0.25, 0.3) is 118 Å². The third-order valence-electron chi connectivity index (χ3n) is 17.2. The molecule has 0 atom stereocenters. The quantitative estimate of drug-likeness (QED) is 0.0694. The minimum atomic E-state index is -1.26. The Balaban J connectivity index is 0.899. The summed E-state index contributed by atoms with van der Waals surface area (Å²) in [5.41, 5.74) is 14.6. The number of nitrogens with zero attached hydrogens (tertiary/aromatic N) is 10. The largest absolute Gasteiger partial charge is 0.477 e. The Morgan fingerprint density at radius 1 is 0.357 bits per heavy atom. The summed E-state index contributed by atoms with van der Waals surface area (Å²) in [5.74, 6) is 0.576. The van der Waals surface area contributed by atoms with Crippen molar-refractivity contribution in [2.24, 2.45) is 0 Å². The highest BCUT2D eigenvalue weighted by Gasteiger charge is 2.27.